The van der Waals surface area contributed by atoms with Gasteiger partial charge in [0.1, 0.15) is 0 Å². The van der Waals surface area contributed by atoms with E-state index in [1.165, 1.54) is 12.0 Å². The molecule has 1 atom stereocenters. The first-order valence-corrected chi connectivity index (χ1v) is 7.09. The molecule has 1 aliphatic rings. The molecule has 1 unspecified atom stereocenters. The van der Waals surface area contributed by atoms with E-state index in [9.17, 15) is 0 Å². The van der Waals surface area contributed by atoms with Gasteiger partial charge in [-0.15, -0.1) is 0 Å². The Morgan fingerprint density at radius 1 is 1.42 bits per heavy atom. The lowest BCUT2D eigenvalue weighted by Gasteiger charge is -2.39. The molecule has 0 radical (unpaired) electrons. The molecule has 1 aromatic heterocycles. The lowest BCUT2D eigenvalue weighted by atomic mass is 9.82. The monoisotopic (exact) mass is 263 g/mol. The molecule has 4 heteroatoms. The highest BCUT2D eigenvalue weighted by atomic mass is 16.5. The summed E-state index contributed by atoms with van der Waals surface area (Å²) in [5.74, 6) is 0. The highest BCUT2D eigenvalue weighted by Gasteiger charge is 2.32. The van der Waals surface area contributed by atoms with Crippen molar-refractivity contribution in [3.63, 3.8) is 0 Å². The summed E-state index contributed by atoms with van der Waals surface area (Å²) in [5, 5.41) is 0. The molecular weight excluding hydrogens is 238 g/mol. The van der Waals surface area contributed by atoms with E-state index < -0.39 is 0 Å². The van der Waals surface area contributed by atoms with Crippen LogP contribution in [0.25, 0.3) is 0 Å². The van der Waals surface area contributed by atoms with Crippen LogP contribution in [0.3, 0.4) is 0 Å². The fourth-order valence-corrected chi connectivity index (χ4v) is 2.78. The fourth-order valence-electron chi connectivity index (χ4n) is 2.78. The number of nitrogens with two attached hydrogens (primary N) is 1. The Bertz CT molecular complexity index is 363. The van der Waals surface area contributed by atoms with E-state index in [1.54, 1.807) is 0 Å². The molecule has 0 amide bonds. The Morgan fingerprint density at radius 3 is 2.84 bits per heavy atom. The third kappa shape index (κ3) is 4.27. The van der Waals surface area contributed by atoms with Crippen LogP contribution in [0.4, 0.5) is 0 Å². The third-order valence-electron chi connectivity index (χ3n) is 3.97. The number of hydrogen-bond acceptors (Lipinski definition) is 4. The van der Waals surface area contributed by atoms with Crippen LogP contribution in [-0.4, -0.2) is 49.8 Å². The van der Waals surface area contributed by atoms with E-state index in [1.807, 2.05) is 12.4 Å². The first kappa shape index (κ1) is 14.4. The predicted octanol–water partition coefficient (Wildman–Crippen LogP) is 1.31. The Morgan fingerprint density at radius 2 is 2.21 bits per heavy atom. The van der Waals surface area contributed by atoms with Crippen LogP contribution >= 0.6 is 0 Å². The molecular formula is C15H25N3O. The van der Waals surface area contributed by atoms with Crippen LogP contribution in [-0.2, 0) is 11.2 Å². The maximum atomic E-state index is 5.98. The zero-order valence-electron chi connectivity index (χ0n) is 11.8. The molecule has 1 saturated heterocycles. The Kier molecular flexibility index (Phi) is 5.31. The zero-order chi connectivity index (χ0) is 13.6. The third-order valence-corrected chi connectivity index (χ3v) is 3.97. The highest BCUT2D eigenvalue weighted by Crippen LogP contribution is 2.28. The Balaban J connectivity index is 1.81. The van der Waals surface area contributed by atoms with Crippen molar-refractivity contribution >= 4 is 0 Å². The van der Waals surface area contributed by atoms with Gasteiger partial charge in [-0.2, -0.15) is 0 Å². The number of ether oxygens (including phenoxy) is 1. The van der Waals surface area contributed by atoms with Crippen molar-refractivity contribution in [2.24, 2.45) is 11.1 Å². The number of hydrogen-bond donors (Lipinski definition) is 1. The van der Waals surface area contributed by atoms with Gasteiger partial charge in [-0.1, -0.05) is 0 Å². The second-order valence-electron chi connectivity index (χ2n) is 5.70. The standard InChI is InChI=1S/C15H25N3O/c1-18(9-5-14-3-7-17-8-4-14)12-15(11-16)6-2-10-19-13-15/h3-4,7-8H,2,5-6,9-13,16H2,1H3. The molecule has 19 heavy (non-hydrogen) atoms. The van der Waals surface area contributed by atoms with Crippen molar-refractivity contribution in [2.75, 3.05) is 39.9 Å². The van der Waals surface area contributed by atoms with Crippen molar-refractivity contribution in [1.29, 1.82) is 0 Å². The fraction of sp³-hybridized carbons (Fsp3) is 0.667. The number of rotatable bonds is 6. The van der Waals surface area contributed by atoms with Gasteiger partial charge in [0.15, 0.2) is 0 Å². The van der Waals surface area contributed by atoms with Crippen LogP contribution in [0.5, 0.6) is 0 Å². The summed E-state index contributed by atoms with van der Waals surface area (Å²) < 4.78 is 5.63. The second kappa shape index (κ2) is 6.98. The molecule has 0 bridgehead atoms. The van der Waals surface area contributed by atoms with E-state index in [0.717, 1.165) is 39.1 Å². The zero-order valence-corrected chi connectivity index (χ0v) is 11.8. The average molecular weight is 263 g/mol. The molecule has 2 N–H and O–H groups in total. The van der Waals surface area contributed by atoms with Gasteiger partial charge in [-0.05, 0) is 44.0 Å². The molecule has 0 aliphatic carbocycles. The highest BCUT2D eigenvalue weighted by molar-refractivity contribution is 5.09. The summed E-state index contributed by atoms with van der Waals surface area (Å²) >= 11 is 0. The van der Waals surface area contributed by atoms with E-state index in [-0.39, 0.29) is 5.41 Å². The van der Waals surface area contributed by atoms with E-state index >= 15 is 0 Å². The SMILES string of the molecule is CN(CCc1ccncc1)CC1(CN)CCCOC1. The van der Waals surface area contributed by atoms with Gasteiger partial charge in [0, 0.05) is 44.0 Å². The Labute approximate surface area is 116 Å². The van der Waals surface area contributed by atoms with Crippen molar-refractivity contribution < 1.29 is 4.74 Å². The number of pyridine rings is 1. The van der Waals surface area contributed by atoms with Crippen molar-refractivity contribution in [2.45, 2.75) is 19.3 Å². The molecule has 0 aromatic carbocycles. The molecule has 0 saturated carbocycles. The van der Waals surface area contributed by atoms with Crippen molar-refractivity contribution in [3.05, 3.63) is 30.1 Å². The molecule has 1 fully saturated rings. The molecule has 106 valence electrons. The summed E-state index contributed by atoms with van der Waals surface area (Å²) in [6.45, 7) is 4.48. The van der Waals surface area contributed by atoms with Gasteiger partial charge >= 0.3 is 0 Å². The Hall–Kier alpha value is -0.970. The minimum Gasteiger partial charge on any atom is -0.381 e. The quantitative estimate of drug-likeness (QED) is 0.841. The van der Waals surface area contributed by atoms with Gasteiger partial charge < -0.3 is 15.4 Å². The predicted molar refractivity (Wildman–Crippen MR) is 77.0 cm³/mol. The lowest BCUT2D eigenvalue weighted by molar-refractivity contribution is -0.0180. The largest absolute Gasteiger partial charge is 0.381 e. The van der Waals surface area contributed by atoms with Crippen LogP contribution < -0.4 is 5.73 Å². The average Bonchev–Trinajstić information content (AvgIpc) is 2.47. The van der Waals surface area contributed by atoms with Gasteiger partial charge in [0.25, 0.3) is 0 Å². The molecule has 1 aromatic rings. The maximum absolute atomic E-state index is 5.98. The van der Waals surface area contributed by atoms with Gasteiger partial charge in [0.2, 0.25) is 0 Å². The smallest absolute Gasteiger partial charge is 0.0546 e. The van der Waals surface area contributed by atoms with E-state index in [4.69, 9.17) is 10.5 Å². The summed E-state index contributed by atoms with van der Waals surface area (Å²) in [4.78, 5) is 6.42. The summed E-state index contributed by atoms with van der Waals surface area (Å²) in [6.07, 6.45) is 7.08. The van der Waals surface area contributed by atoms with Crippen LogP contribution in [0.2, 0.25) is 0 Å². The van der Waals surface area contributed by atoms with Gasteiger partial charge in [-0.3, -0.25) is 4.98 Å². The second-order valence-corrected chi connectivity index (χ2v) is 5.70. The topological polar surface area (TPSA) is 51.4 Å². The van der Waals surface area contributed by atoms with Crippen LogP contribution in [0.15, 0.2) is 24.5 Å². The first-order valence-electron chi connectivity index (χ1n) is 7.09. The van der Waals surface area contributed by atoms with Gasteiger partial charge in [-0.25, -0.2) is 0 Å². The minimum atomic E-state index is 0.158. The summed E-state index contributed by atoms with van der Waals surface area (Å²) in [6, 6.07) is 4.16. The molecule has 0 spiro atoms. The van der Waals surface area contributed by atoms with Crippen LogP contribution in [0.1, 0.15) is 18.4 Å². The van der Waals surface area contributed by atoms with E-state index in [0.29, 0.717) is 6.54 Å². The van der Waals surface area contributed by atoms with Gasteiger partial charge in [0.05, 0.1) is 6.61 Å². The molecule has 2 heterocycles. The summed E-state index contributed by atoms with van der Waals surface area (Å²) in [7, 11) is 2.17. The summed E-state index contributed by atoms with van der Waals surface area (Å²) in [5.41, 5.74) is 7.47. The van der Waals surface area contributed by atoms with Crippen molar-refractivity contribution in [3.8, 4) is 0 Å². The lowest BCUT2D eigenvalue weighted by Crippen LogP contribution is -2.47. The van der Waals surface area contributed by atoms with Crippen molar-refractivity contribution in [1.82, 2.24) is 9.88 Å². The molecule has 2 rings (SSSR count). The number of nitrogens with zero attached hydrogens (tertiary/aromatic N) is 2. The van der Waals surface area contributed by atoms with Crippen LogP contribution in [0, 0.1) is 5.41 Å². The number of aromatic nitrogens is 1. The first-order chi connectivity index (χ1) is 9.24. The van der Waals surface area contributed by atoms with E-state index in [2.05, 4.69) is 29.1 Å². The normalized spacial score (nSPS) is 23.7. The molecule has 1 aliphatic heterocycles. The number of likely N-dealkylation sites (N-methyl/N-ethyl adjacent to an activating group) is 1. The molecule has 4 nitrogen and oxygen atoms in total. The maximum Gasteiger partial charge on any atom is 0.0546 e. The minimum absolute atomic E-state index is 0.158.